The van der Waals surface area contributed by atoms with Crippen LogP contribution in [-0.2, 0) is 21.2 Å². The van der Waals surface area contributed by atoms with E-state index in [9.17, 15) is 18.0 Å². The molecule has 3 N–H and O–H groups in total. The van der Waals surface area contributed by atoms with Gasteiger partial charge in [0.05, 0.1) is 36.1 Å². The van der Waals surface area contributed by atoms with E-state index in [4.69, 9.17) is 9.47 Å². The Balaban J connectivity index is 1.74. The van der Waals surface area contributed by atoms with Crippen molar-refractivity contribution in [3.05, 3.63) is 71.8 Å². The molecule has 0 spiro atoms. The number of thioether (sulfide) groups is 1. The van der Waals surface area contributed by atoms with Crippen molar-refractivity contribution in [2.24, 2.45) is 0 Å². The maximum Gasteiger partial charge on any atom is 0.261 e. The van der Waals surface area contributed by atoms with E-state index in [0.717, 1.165) is 10.5 Å². The second kappa shape index (κ2) is 12.5. The van der Waals surface area contributed by atoms with Gasteiger partial charge >= 0.3 is 0 Å². The number of hydrogen-bond acceptors (Lipinski definition) is 7. The van der Waals surface area contributed by atoms with Crippen molar-refractivity contribution in [1.82, 2.24) is 5.32 Å². The molecule has 0 fully saturated rings. The Hall–Kier alpha value is -3.70. The van der Waals surface area contributed by atoms with Crippen LogP contribution >= 0.6 is 11.8 Å². The Kier molecular flexibility index (Phi) is 9.42. The molecule has 0 aromatic heterocycles. The zero-order chi connectivity index (χ0) is 27.0. The first-order chi connectivity index (χ1) is 17.7. The van der Waals surface area contributed by atoms with Gasteiger partial charge in [-0.3, -0.25) is 14.3 Å². The highest BCUT2D eigenvalue weighted by molar-refractivity contribution is 7.98. The summed E-state index contributed by atoms with van der Waals surface area (Å²) < 4.78 is 39.3. The summed E-state index contributed by atoms with van der Waals surface area (Å²) in [6, 6.07) is 16.3. The van der Waals surface area contributed by atoms with Crippen molar-refractivity contribution >= 4 is 45.0 Å². The first kappa shape index (κ1) is 27.9. The Morgan fingerprint density at radius 3 is 2.32 bits per heavy atom. The highest BCUT2D eigenvalue weighted by Gasteiger charge is 2.20. The number of ether oxygens (including phenoxy) is 2. The van der Waals surface area contributed by atoms with Crippen LogP contribution in [0.2, 0.25) is 0 Å². The van der Waals surface area contributed by atoms with E-state index in [1.165, 1.54) is 36.9 Å². The minimum Gasteiger partial charge on any atom is -0.493 e. The van der Waals surface area contributed by atoms with Crippen molar-refractivity contribution in [3.8, 4) is 11.5 Å². The third kappa shape index (κ3) is 7.17. The fourth-order valence-corrected chi connectivity index (χ4v) is 5.21. The Morgan fingerprint density at radius 1 is 0.919 bits per heavy atom. The van der Waals surface area contributed by atoms with E-state index in [1.54, 1.807) is 44.6 Å². The molecule has 9 nitrogen and oxygen atoms in total. The van der Waals surface area contributed by atoms with Crippen LogP contribution in [0, 0.1) is 0 Å². The molecule has 196 valence electrons. The number of carbonyl (C=O) groups excluding carboxylic acids is 2. The van der Waals surface area contributed by atoms with Gasteiger partial charge in [-0.25, -0.2) is 8.42 Å². The fraction of sp³-hybridized carbons (Fsp3) is 0.231. The Morgan fingerprint density at radius 2 is 1.65 bits per heavy atom. The van der Waals surface area contributed by atoms with Crippen molar-refractivity contribution < 1.29 is 27.5 Å². The van der Waals surface area contributed by atoms with E-state index in [-0.39, 0.29) is 22.1 Å². The van der Waals surface area contributed by atoms with E-state index < -0.39 is 15.9 Å². The van der Waals surface area contributed by atoms with Crippen molar-refractivity contribution in [2.75, 3.05) is 37.1 Å². The zero-order valence-electron chi connectivity index (χ0n) is 21.0. The molecule has 0 saturated carbocycles. The maximum atomic E-state index is 13.1. The second-order valence-corrected chi connectivity index (χ2v) is 10.4. The molecule has 0 aliphatic rings. The summed E-state index contributed by atoms with van der Waals surface area (Å²) in [5, 5.41) is 5.48. The van der Waals surface area contributed by atoms with E-state index in [2.05, 4.69) is 15.4 Å². The molecule has 11 heteroatoms. The lowest BCUT2D eigenvalue weighted by Gasteiger charge is -2.15. The van der Waals surface area contributed by atoms with Crippen molar-refractivity contribution in [1.29, 1.82) is 0 Å². The molecule has 0 aliphatic heterocycles. The standard InChI is InChI=1S/C26H29N3O6S2/c1-17(30)28-22-16-19(10-12-25(22)36-4)37(32,33)29-21-8-6-5-7-20(21)26(31)27-14-13-18-9-11-23(34-2)24(15-18)35-3/h5-12,15-16,29H,13-14H2,1-4H3,(H,27,31)(H,28,30). The molecule has 3 aromatic carbocycles. The van der Waals surface area contributed by atoms with Crippen LogP contribution in [0.15, 0.2) is 70.5 Å². The van der Waals surface area contributed by atoms with Gasteiger partial charge in [-0.05, 0) is 60.7 Å². The number of sulfonamides is 1. The lowest BCUT2D eigenvalue weighted by molar-refractivity contribution is -0.114. The van der Waals surface area contributed by atoms with E-state index >= 15 is 0 Å². The Labute approximate surface area is 221 Å². The van der Waals surface area contributed by atoms with Gasteiger partial charge < -0.3 is 20.1 Å². The molecule has 0 radical (unpaired) electrons. The first-order valence-electron chi connectivity index (χ1n) is 11.2. The molecule has 0 heterocycles. The molecule has 3 aromatic rings. The van der Waals surface area contributed by atoms with E-state index in [1.807, 2.05) is 18.4 Å². The highest BCUT2D eigenvalue weighted by Crippen LogP contribution is 2.30. The van der Waals surface area contributed by atoms with E-state index in [0.29, 0.717) is 30.2 Å². The zero-order valence-corrected chi connectivity index (χ0v) is 22.6. The van der Waals surface area contributed by atoms with Crippen LogP contribution < -0.4 is 24.8 Å². The van der Waals surface area contributed by atoms with Crippen LogP contribution in [0.25, 0.3) is 0 Å². The number of amides is 2. The number of methoxy groups -OCH3 is 2. The number of para-hydroxylation sites is 1. The SMILES string of the molecule is COc1ccc(CCNC(=O)c2ccccc2NS(=O)(=O)c2ccc(SC)c(NC(C)=O)c2)cc1OC. The van der Waals surface area contributed by atoms with Crippen molar-refractivity contribution in [2.45, 2.75) is 23.1 Å². The third-order valence-corrected chi connectivity index (χ3v) is 7.51. The van der Waals surface area contributed by atoms with Crippen molar-refractivity contribution in [3.63, 3.8) is 0 Å². The van der Waals surface area contributed by atoms with Crippen LogP contribution in [0.4, 0.5) is 11.4 Å². The van der Waals surface area contributed by atoms with Gasteiger partial charge in [-0.2, -0.15) is 0 Å². The number of anilines is 2. The van der Waals surface area contributed by atoms with Crippen LogP contribution in [0.3, 0.4) is 0 Å². The molecule has 0 bridgehead atoms. The van der Waals surface area contributed by atoms with Gasteiger partial charge in [-0.1, -0.05) is 18.2 Å². The molecule has 0 aliphatic carbocycles. The fourth-order valence-electron chi connectivity index (χ4n) is 3.57. The molecule has 0 saturated heterocycles. The molecule has 0 atom stereocenters. The predicted molar refractivity (Wildman–Crippen MR) is 145 cm³/mol. The smallest absolute Gasteiger partial charge is 0.261 e. The minimum atomic E-state index is -4.05. The highest BCUT2D eigenvalue weighted by atomic mass is 32.2. The van der Waals surface area contributed by atoms with Gasteiger partial charge in [0.1, 0.15) is 0 Å². The van der Waals surface area contributed by atoms with Gasteiger partial charge in [0, 0.05) is 18.4 Å². The number of carbonyl (C=O) groups is 2. The number of nitrogens with one attached hydrogen (secondary N) is 3. The van der Waals surface area contributed by atoms with Crippen LogP contribution in [-0.4, -0.2) is 47.3 Å². The van der Waals surface area contributed by atoms with Crippen LogP contribution in [0.5, 0.6) is 11.5 Å². The lowest BCUT2D eigenvalue weighted by atomic mass is 10.1. The topological polar surface area (TPSA) is 123 Å². The number of rotatable bonds is 11. The quantitative estimate of drug-likeness (QED) is 0.311. The average Bonchev–Trinajstić information content (AvgIpc) is 2.88. The van der Waals surface area contributed by atoms with Gasteiger partial charge in [-0.15, -0.1) is 11.8 Å². The summed E-state index contributed by atoms with van der Waals surface area (Å²) in [7, 11) is -0.932. The summed E-state index contributed by atoms with van der Waals surface area (Å²) in [5.41, 5.74) is 1.65. The molecule has 3 rings (SSSR count). The molecular formula is C26H29N3O6S2. The second-order valence-electron chi connectivity index (χ2n) is 7.89. The molecule has 37 heavy (non-hydrogen) atoms. The monoisotopic (exact) mass is 543 g/mol. The summed E-state index contributed by atoms with van der Waals surface area (Å²) >= 11 is 1.38. The maximum absolute atomic E-state index is 13.1. The summed E-state index contributed by atoms with van der Waals surface area (Å²) in [4.78, 5) is 25.2. The average molecular weight is 544 g/mol. The number of hydrogen-bond donors (Lipinski definition) is 3. The molecule has 0 unspecified atom stereocenters. The normalized spacial score (nSPS) is 10.9. The summed E-state index contributed by atoms with van der Waals surface area (Å²) in [5.74, 6) is 0.477. The first-order valence-corrected chi connectivity index (χ1v) is 14.0. The lowest BCUT2D eigenvalue weighted by Crippen LogP contribution is -2.27. The molecular weight excluding hydrogens is 514 g/mol. The summed E-state index contributed by atoms with van der Waals surface area (Å²) in [6.07, 6.45) is 2.36. The third-order valence-electron chi connectivity index (χ3n) is 5.36. The predicted octanol–water partition coefficient (Wildman–Crippen LogP) is 4.16. The minimum absolute atomic E-state index is 0.0438. The number of benzene rings is 3. The summed E-state index contributed by atoms with van der Waals surface area (Å²) in [6.45, 7) is 1.68. The molecule has 2 amide bonds. The Bertz CT molecular complexity index is 1390. The van der Waals surface area contributed by atoms with Gasteiger partial charge in [0.2, 0.25) is 5.91 Å². The van der Waals surface area contributed by atoms with Gasteiger partial charge in [0.25, 0.3) is 15.9 Å². The van der Waals surface area contributed by atoms with Gasteiger partial charge in [0.15, 0.2) is 11.5 Å². The van der Waals surface area contributed by atoms with Crippen LogP contribution in [0.1, 0.15) is 22.8 Å². The largest absolute Gasteiger partial charge is 0.493 e.